The molecule has 2 rings (SSSR count). The van der Waals surface area contributed by atoms with Crippen LogP contribution in [-0.2, 0) is 0 Å². The maximum atomic E-state index is 6.35. The molecule has 0 amide bonds. The van der Waals surface area contributed by atoms with E-state index >= 15 is 0 Å². The van der Waals surface area contributed by atoms with Crippen LogP contribution >= 0.6 is 11.8 Å². The minimum absolute atomic E-state index is 0.246. The molecule has 1 aromatic rings. The van der Waals surface area contributed by atoms with Crippen LogP contribution in [0.25, 0.3) is 0 Å². The third-order valence-electron chi connectivity index (χ3n) is 3.66. The van der Waals surface area contributed by atoms with E-state index in [0.717, 1.165) is 0 Å². The second kappa shape index (κ2) is 5.74. The van der Waals surface area contributed by atoms with E-state index in [1.54, 1.807) is 11.8 Å². The van der Waals surface area contributed by atoms with Gasteiger partial charge < -0.3 is 5.73 Å². The molecule has 1 saturated carbocycles. The van der Waals surface area contributed by atoms with E-state index in [0.29, 0.717) is 5.92 Å². The molecule has 2 heteroatoms. The zero-order valence-electron chi connectivity index (χ0n) is 9.99. The Bertz CT molecular complexity index is 314. The Hall–Kier alpha value is -0.470. The summed E-state index contributed by atoms with van der Waals surface area (Å²) in [7, 11) is 0. The highest BCUT2D eigenvalue weighted by Crippen LogP contribution is 2.33. The molecule has 1 unspecified atom stereocenters. The fourth-order valence-corrected chi connectivity index (χ4v) is 3.00. The third-order valence-corrected chi connectivity index (χ3v) is 4.40. The second-order valence-electron chi connectivity index (χ2n) is 4.70. The third kappa shape index (κ3) is 2.80. The highest BCUT2D eigenvalue weighted by molar-refractivity contribution is 7.98. The molecule has 16 heavy (non-hydrogen) atoms. The van der Waals surface area contributed by atoms with Gasteiger partial charge in [0.2, 0.25) is 0 Å². The summed E-state index contributed by atoms with van der Waals surface area (Å²) in [4.78, 5) is 1.32. The van der Waals surface area contributed by atoms with Crippen molar-refractivity contribution in [2.75, 3.05) is 6.26 Å². The number of hydrogen-bond acceptors (Lipinski definition) is 2. The quantitative estimate of drug-likeness (QED) is 0.802. The van der Waals surface area contributed by atoms with E-state index < -0.39 is 0 Å². The summed E-state index contributed by atoms with van der Waals surface area (Å²) < 4.78 is 0. The summed E-state index contributed by atoms with van der Waals surface area (Å²) in [6, 6.07) is 9.01. The number of rotatable bonds is 3. The van der Waals surface area contributed by atoms with Crippen molar-refractivity contribution < 1.29 is 0 Å². The lowest BCUT2D eigenvalue weighted by atomic mass is 9.81. The van der Waals surface area contributed by atoms with Crippen LogP contribution < -0.4 is 5.73 Å². The van der Waals surface area contributed by atoms with Gasteiger partial charge in [-0.3, -0.25) is 0 Å². The van der Waals surface area contributed by atoms with Gasteiger partial charge in [-0.05, 0) is 42.7 Å². The smallest absolute Gasteiger partial charge is 0.0323 e. The number of hydrogen-bond donors (Lipinski definition) is 1. The monoisotopic (exact) mass is 235 g/mol. The van der Waals surface area contributed by atoms with Crippen LogP contribution in [0.3, 0.4) is 0 Å². The predicted octanol–water partition coefficient (Wildman–Crippen LogP) is 3.99. The molecular formula is C14H21NS. The van der Waals surface area contributed by atoms with Gasteiger partial charge in [0.25, 0.3) is 0 Å². The molecule has 0 bridgehead atoms. The molecule has 1 fully saturated rings. The first-order chi connectivity index (χ1) is 7.81. The SMILES string of the molecule is CSc1ccc(C(N)C2CCCCC2)cc1. The zero-order chi connectivity index (χ0) is 11.4. The number of nitrogens with two attached hydrogens (primary N) is 1. The van der Waals surface area contributed by atoms with Gasteiger partial charge in [-0.2, -0.15) is 0 Å². The lowest BCUT2D eigenvalue weighted by molar-refractivity contribution is 0.308. The summed E-state index contributed by atoms with van der Waals surface area (Å²) >= 11 is 1.78. The summed E-state index contributed by atoms with van der Waals surface area (Å²) in [5.41, 5.74) is 7.66. The molecule has 88 valence electrons. The van der Waals surface area contributed by atoms with Crippen LogP contribution in [0.1, 0.15) is 43.7 Å². The van der Waals surface area contributed by atoms with Crippen molar-refractivity contribution in [2.45, 2.75) is 43.0 Å². The normalized spacial score (nSPS) is 19.6. The molecule has 0 aliphatic heterocycles. The lowest BCUT2D eigenvalue weighted by Gasteiger charge is -2.27. The zero-order valence-corrected chi connectivity index (χ0v) is 10.8. The van der Waals surface area contributed by atoms with Gasteiger partial charge >= 0.3 is 0 Å². The van der Waals surface area contributed by atoms with Gasteiger partial charge in [0.15, 0.2) is 0 Å². The highest BCUT2D eigenvalue weighted by Gasteiger charge is 2.21. The maximum Gasteiger partial charge on any atom is 0.0323 e. The number of benzene rings is 1. The van der Waals surface area contributed by atoms with E-state index in [1.165, 1.54) is 42.6 Å². The maximum absolute atomic E-state index is 6.35. The molecule has 1 nitrogen and oxygen atoms in total. The molecule has 1 aliphatic rings. The van der Waals surface area contributed by atoms with Crippen molar-refractivity contribution in [1.82, 2.24) is 0 Å². The van der Waals surface area contributed by atoms with E-state index in [4.69, 9.17) is 5.73 Å². The molecule has 0 radical (unpaired) electrons. The van der Waals surface area contributed by atoms with E-state index in [9.17, 15) is 0 Å². The minimum Gasteiger partial charge on any atom is -0.324 e. The van der Waals surface area contributed by atoms with Crippen molar-refractivity contribution >= 4 is 11.8 Å². The molecular weight excluding hydrogens is 214 g/mol. The predicted molar refractivity (Wildman–Crippen MR) is 71.7 cm³/mol. The molecule has 1 aliphatic carbocycles. The second-order valence-corrected chi connectivity index (χ2v) is 5.58. The summed E-state index contributed by atoms with van der Waals surface area (Å²) in [6.45, 7) is 0. The van der Waals surface area contributed by atoms with Crippen molar-refractivity contribution in [2.24, 2.45) is 11.7 Å². The molecule has 2 N–H and O–H groups in total. The number of thioether (sulfide) groups is 1. The van der Waals surface area contributed by atoms with Gasteiger partial charge in [0.1, 0.15) is 0 Å². The van der Waals surface area contributed by atoms with Crippen molar-refractivity contribution in [3.8, 4) is 0 Å². The average molecular weight is 235 g/mol. The van der Waals surface area contributed by atoms with Gasteiger partial charge in [-0.25, -0.2) is 0 Å². The van der Waals surface area contributed by atoms with Gasteiger partial charge in [-0.1, -0.05) is 31.4 Å². The van der Waals surface area contributed by atoms with Crippen molar-refractivity contribution in [1.29, 1.82) is 0 Å². The average Bonchev–Trinajstić information content (AvgIpc) is 2.39. The Labute approximate surface area is 103 Å². The van der Waals surface area contributed by atoms with Gasteiger partial charge in [0, 0.05) is 10.9 Å². The largest absolute Gasteiger partial charge is 0.324 e. The standard InChI is InChI=1S/C14H21NS/c1-16-13-9-7-12(8-10-13)14(15)11-5-3-2-4-6-11/h7-11,14H,2-6,15H2,1H3. The van der Waals surface area contributed by atoms with Crippen molar-refractivity contribution in [3.63, 3.8) is 0 Å². The Kier molecular flexibility index (Phi) is 4.30. The summed E-state index contributed by atoms with van der Waals surface area (Å²) in [5, 5.41) is 0. The first-order valence-corrected chi connectivity index (χ1v) is 7.43. The Morgan fingerprint density at radius 3 is 2.31 bits per heavy atom. The topological polar surface area (TPSA) is 26.0 Å². The Morgan fingerprint density at radius 2 is 1.75 bits per heavy atom. The molecule has 0 aromatic heterocycles. The van der Waals surface area contributed by atoms with Crippen LogP contribution in [0.15, 0.2) is 29.2 Å². The molecule has 0 saturated heterocycles. The van der Waals surface area contributed by atoms with Crippen LogP contribution in [0, 0.1) is 5.92 Å². The Balaban J connectivity index is 2.04. The van der Waals surface area contributed by atoms with Crippen LogP contribution in [0.4, 0.5) is 0 Å². The first kappa shape index (κ1) is 12.0. The fourth-order valence-electron chi connectivity index (χ4n) is 2.59. The fraction of sp³-hybridized carbons (Fsp3) is 0.571. The summed E-state index contributed by atoms with van der Waals surface area (Å²) in [5.74, 6) is 0.703. The van der Waals surface area contributed by atoms with E-state index in [-0.39, 0.29) is 6.04 Å². The molecule has 1 atom stereocenters. The first-order valence-electron chi connectivity index (χ1n) is 6.21. The Morgan fingerprint density at radius 1 is 1.12 bits per heavy atom. The van der Waals surface area contributed by atoms with E-state index in [2.05, 4.69) is 30.5 Å². The van der Waals surface area contributed by atoms with Crippen molar-refractivity contribution in [3.05, 3.63) is 29.8 Å². The van der Waals surface area contributed by atoms with E-state index in [1.807, 2.05) is 0 Å². The van der Waals surface area contributed by atoms with Crippen LogP contribution in [0.5, 0.6) is 0 Å². The minimum atomic E-state index is 0.246. The lowest BCUT2D eigenvalue weighted by Crippen LogP contribution is -2.23. The molecule has 0 heterocycles. The molecule has 0 spiro atoms. The van der Waals surface area contributed by atoms with Gasteiger partial charge in [0.05, 0.1) is 0 Å². The highest BCUT2D eigenvalue weighted by atomic mass is 32.2. The van der Waals surface area contributed by atoms with Crippen LogP contribution in [-0.4, -0.2) is 6.26 Å². The molecule has 1 aromatic carbocycles. The van der Waals surface area contributed by atoms with Crippen LogP contribution in [0.2, 0.25) is 0 Å². The summed E-state index contributed by atoms with van der Waals surface area (Å²) in [6.07, 6.45) is 8.85. The van der Waals surface area contributed by atoms with Gasteiger partial charge in [-0.15, -0.1) is 11.8 Å².